The molecule has 1 saturated heterocycles. The van der Waals surface area contributed by atoms with E-state index in [1.165, 1.54) is 51.5 Å². The number of hydrogen-bond donors (Lipinski definition) is 0. The van der Waals surface area contributed by atoms with Crippen molar-refractivity contribution in [2.24, 2.45) is 0 Å². The van der Waals surface area contributed by atoms with Crippen molar-refractivity contribution in [3.63, 3.8) is 0 Å². The molecular formula is C17H35N2O2+. The molecule has 21 heavy (non-hydrogen) atoms. The van der Waals surface area contributed by atoms with Crippen LogP contribution >= 0.6 is 0 Å². The fourth-order valence-electron chi connectivity index (χ4n) is 3.02. The number of unbranched alkanes of at least 4 members (excludes halogenated alkanes) is 6. The van der Waals surface area contributed by atoms with E-state index in [2.05, 4.69) is 14.0 Å². The van der Waals surface area contributed by atoms with Crippen LogP contribution in [0.4, 0.5) is 4.79 Å². The number of piperazine rings is 1. The first-order valence-corrected chi connectivity index (χ1v) is 8.86. The van der Waals surface area contributed by atoms with Crippen molar-refractivity contribution in [3.8, 4) is 0 Å². The zero-order valence-electron chi connectivity index (χ0n) is 14.4. The average Bonchev–Trinajstić information content (AvgIpc) is 2.47. The van der Waals surface area contributed by atoms with Crippen molar-refractivity contribution in [3.05, 3.63) is 0 Å². The molecule has 4 heteroatoms. The molecule has 0 aromatic carbocycles. The fourth-order valence-corrected chi connectivity index (χ4v) is 3.02. The molecule has 0 aromatic rings. The van der Waals surface area contributed by atoms with E-state index in [0.29, 0.717) is 6.61 Å². The molecule has 0 saturated carbocycles. The van der Waals surface area contributed by atoms with Crippen LogP contribution in [-0.2, 0) is 4.74 Å². The first-order chi connectivity index (χ1) is 10.1. The highest BCUT2D eigenvalue weighted by atomic mass is 16.6. The molecule has 1 aliphatic heterocycles. The van der Waals surface area contributed by atoms with E-state index in [1.807, 2.05) is 11.8 Å². The van der Waals surface area contributed by atoms with Gasteiger partial charge in [0, 0.05) is 0 Å². The highest BCUT2D eigenvalue weighted by Gasteiger charge is 2.30. The Hall–Kier alpha value is -0.770. The van der Waals surface area contributed by atoms with Gasteiger partial charge in [0.05, 0.1) is 46.4 Å². The van der Waals surface area contributed by atoms with Gasteiger partial charge in [-0.05, 0) is 19.8 Å². The molecule has 0 bridgehead atoms. The molecule has 1 amide bonds. The fraction of sp³-hybridized carbons (Fsp3) is 0.941. The van der Waals surface area contributed by atoms with Gasteiger partial charge < -0.3 is 9.22 Å². The van der Waals surface area contributed by atoms with Gasteiger partial charge in [0.15, 0.2) is 0 Å². The predicted octanol–water partition coefficient (Wildman–Crippen LogP) is 3.66. The molecule has 4 nitrogen and oxygen atoms in total. The van der Waals surface area contributed by atoms with E-state index in [0.717, 1.165) is 30.7 Å². The van der Waals surface area contributed by atoms with Crippen LogP contribution in [-0.4, -0.2) is 61.9 Å². The molecule has 0 atom stereocenters. The Morgan fingerprint density at radius 1 is 1.00 bits per heavy atom. The summed E-state index contributed by atoms with van der Waals surface area (Å²) in [6.45, 7) is 9.66. The minimum atomic E-state index is -0.139. The summed E-state index contributed by atoms with van der Waals surface area (Å²) in [5.41, 5.74) is 0. The number of rotatable bonds is 9. The van der Waals surface area contributed by atoms with E-state index in [9.17, 15) is 4.79 Å². The topological polar surface area (TPSA) is 29.5 Å². The third kappa shape index (κ3) is 7.16. The van der Waals surface area contributed by atoms with Gasteiger partial charge in [-0.2, -0.15) is 0 Å². The standard InChI is InChI=1S/C17H35N2O2/c1-4-6-7-8-9-10-11-14-19(3)15-12-18(13-16-19)17(20)21-5-2/h4-16H2,1-3H3/q+1. The first kappa shape index (κ1) is 18.3. The largest absolute Gasteiger partial charge is 0.450 e. The molecule has 0 aliphatic carbocycles. The number of ether oxygens (including phenoxy) is 1. The number of carbonyl (C=O) groups is 1. The van der Waals surface area contributed by atoms with E-state index in [1.54, 1.807) is 0 Å². The van der Waals surface area contributed by atoms with Gasteiger partial charge in [0.2, 0.25) is 0 Å². The second-order valence-electron chi connectivity index (χ2n) is 6.60. The minimum absolute atomic E-state index is 0.139. The summed E-state index contributed by atoms with van der Waals surface area (Å²) in [7, 11) is 2.33. The van der Waals surface area contributed by atoms with Crippen LogP contribution in [0.5, 0.6) is 0 Å². The summed E-state index contributed by atoms with van der Waals surface area (Å²) in [5.74, 6) is 0. The predicted molar refractivity (Wildman–Crippen MR) is 87.4 cm³/mol. The number of amides is 1. The van der Waals surface area contributed by atoms with Crippen molar-refractivity contribution in [1.82, 2.24) is 4.90 Å². The maximum atomic E-state index is 11.7. The summed E-state index contributed by atoms with van der Waals surface area (Å²) in [6, 6.07) is 0. The van der Waals surface area contributed by atoms with E-state index in [-0.39, 0.29) is 6.09 Å². The van der Waals surface area contributed by atoms with Crippen LogP contribution < -0.4 is 0 Å². The minimum Gasteiger partial charge on any atom is -0.450 e. The smallest absolute Gasteiger partial charge is 0.410 e. The highest BCUT2D eigenvalue weighted by Crippen LogP contribution is 2.14. The molecule has 1 heterocycles. The Bertz CT molecular complexity index is 287. The van der Waals surface area contributed by atoms with Crippen molar-refractivity contribution >= 4 is 6.09 Å². The molecule has 0 radical (unpaired) electrons. The Kier molecular flexibility index (Phi) is 8.74. The number of quaternary nitrogens is 1. The molecule has 0 N–H and O–H groups in total. The average molecular weight is 299 g/mol. The van der Waals surface area contributed by atoms with Crippen LogP contribution in [0, 0.1) is 0 Å². The van der Waals surface area contributed by atoms with E-state index in [4.69, 9.17) is 4.74 Å². The van der Waals surface area contributed by atoms with Crippen molar-refractivity contribution in [2.75, 3.05) is 46.4 Å². The second-order valence-corrected chi connectivity index (χ2v) is 6.60. The lowest BCUT2D eigenvalue weighted by molar-refractivity contribution is -0.913. The van der Waals surface area contributed by atoms with Crippen molar-refractivity contribution in [1.29, 1.82) is 0 Å². The summed E-state index contributed by atoms with van der Waals surface area (Å²) in [6.07, 6.45) is 9.44. The lowest BCUT2D eigenvalue weighted by atomic mass is 10.1. The van der Waals surface area contributed by atoms with E-state index >= 15 is 0 Å². The van der Waals surface area contributed by atoms with Gasteiger partial charge in [-0.1, -0.05) is 39.0 Å². The van der Waals surface area contributed by atoms with Gasteiger partial charge in [-0.3, -0.25) is 4.90 Å². The van der Waals surface area contributed by atoms with E-state index < -0.39 is 0 Å². The van der Waals surface area contributed by atoms with Crippen molar-refractivity contribution < 1.29 is 14.0 Å². The molecule has 0 unspecified atom stereocenters. The lowest BCUT2D eigenvalue weighted by Crippen LogP contribution is -2.58. The van der Waals surface area contributed by atoms with Gasteiger partial charge in [0.1, 0.15) is 0 Å². The quantitative estimate of drug-likeness (QED) is 0.480. The molecule has 0 spiro atoms. The molecular weight excluding hydrogens is 264 g/mol. The van der Waals surface area contributed by atoms with Gasteiger partial charge in [-0.25, -0.2) is 4.79 Å². The van der Waals surface area contributed by atoms with Gasteiger partial charge in [-0.15, -0.1) is 0 Å². The molecule has 124 valence electrons. The lowest BCUT2D eigenvalue weighted by Gasteiger charge is -2.41. The zero-order chi connectivity index (χ0) is 15.6. The maximum absolute atomic E-state index is 11.7. The second kappa shape index (κ2) is 10.0. The summed E-state index contributed by atoms with van der Waals surface area (Å²) in [5, 5.41) is 0. The monoisotopic (exact) mass is 299 g/mol. The Balaban J connectivity index is 2.12. The summed E-state index contributed by atoms with van der Waals surface area (Å²) in [4.78, 5) is 13.5. The van der Waals surface area contributed by atoms with Gasteiger partial charge >= 0.3 is 6.09 Å². The van der Waals surface area contributed by atoms with Crippen LogP contribution in [0.3, 0.4) is 0 Å². The Morgan fingerprint density at radius 2 is 1.57 bits per heavy atom. The van der Waals surface area contributed by atoms with Crippen LogP contribution in [0.1, 0.15) is 58.8 Å². The van der Waals surface area contributed by atoms with Crippen LogP contribution in [0.15, 0.2) is 0 Å². The zero-order valence-corrected chi connectivity index (χ0v) is 14.4. The number of carbonyl (C=O) groups excluding carboxylic acids is 1. The van der Waals surface area contributed by atoms with Gasteiger partial charge in [0.25, 0.3) is 0 Å². The first-order valence-electron chi connectivity index (χ1n) is 8.86. The normalized spacial score (nSPS) is 17.8. The number of nitrogens with zero attached hydrogens (tertiary/aromatic N) is 2. The summed E-state index contributed by atoms with van der Waals surface area (Å²) >= 11 is 0. The molecule has 1 aliphatic rings. The third-order valence-electron chi connectivity index (χ3n) is 4.65. The van der Waals surface area contributed by atoms with Crippen LogP contribution in [0.25, 0.3) is 0 Å². The SMILES string of the molecule is CCCCCCCCC[N+]1(C)CCN(C(=O)OCC)CC1. The third-order valence-corrected chi connectivity index (χ3v) is 4.65. The highest BCUT2D eigenvalue weighted by molar-refractivity contribution is 5.67. The Labute approximate surface area is 131 Å². The van der Waals surface area contributed by atoms with Crippen molar-refractivity contribution in [2.45, 2.75) is 58.8 Å². The Morgan fingerprint density at radius 3 is 2.14 bits per heavy atom. The molecule has 1 rings (SSSR count). The summed E-state index contributed by atoms with van der Waals surface area (Å²) < 4.78 is 6.19. The number of hydrogen-bond acceptors (Lipinski definition) is 2. The molecule has 0 aromatic heterocycles. The number of likely N-dealkylation sites (N-methyl/N-ethyl adjacent to an activating group) is 1. The molecule has 1 fully saturated rings. The van der Waals surface area contributed by atoms with Crippen LogP contribution in [0.2, 0.25) is 0 Å². The maximum Gasteiger partial charge on any atom is 0.410 e.